The number of amides is 1. The van der Waals surface area contributed by atoms with Crippen molar-refractivity contribution in [2.45, 2.75) is 12.6 Å². The van der Waals surface area contributed by atoms with E-state index in [1.807, 2.05) is 4.90 Å². The van der Waals surface area contributed by atoms with Crippen molar-refractivity contribution >= 4 is 11.6 Å². The van der Waals surface area contributed by atoms with E-state index >= 15 is 0 Å². The van der Waals surface area contributed by atoms with Gasteiger partial charge >= 0.3 is 6.18 Å². The average molecular weight is 459 g/mol. The second-order valence-electron chi connectivity index (χ2n) is 8.68. The van der Waals surface area contributed by atoms with Gasteiger partial charge in [-0.25, -0.2) is 0 Å². The van der Waals surface area contributed by atoms with Crippen molar-refractivity contribution in [1.29, 1.82) is 5.26 Å². The van der Waals surface area contributed by atoms with E-state index in [-0.39, 0.29) is 18.4 Å². The number of piperidine rings is 1. The van der Waals surface area contributed by atoms with Gasteiger partial charge < -0.3 is 19.6 Å². The van der Waals surface area contributed by atoms with Gasteiger partial charge in [-0.2, -0.15) is 18.4 Å². The summed E-state index contributed by atoms with van der Waals surface area (Å²) in [5, 5.41) is 19.4. The van der Waals surface area contributed by atoms with Gasteiger partial charge in [0.15, 0.2) is 0 Å². The molecular formula is C24H24F3N3O3. The number of benzene rings is 2. The number of likely N-dealkylation sites (tertiary alicyclic amines) is 1. The number of alkyl halides is 3. The summed E-state index contributed by atoms with van der Waals surface area (Å²) in [5.41, 5.74) is -1.19. The highest BCUT2D eigenvalue weighted by molar-refractivity contribution is 5.94. The van der Waals surface area contributed by atoms with Crippen LogP contribution in [0.25, 0.3) is 0 Å². The predicted octanol–water partition coefficient (Wildman–Crippen LogP) is 3.55. The van der Waals surface area contributed by atoms with E-state index in [9.17, 15) is 23.1 Å². The molecule has 0 unspecified atom stereocenters. The minimum atomic E-state index is -4.64. The van der Waals surface area contributed by atoms with Crippen LogP contribution < -0.4 is 9.64 Å². The maximum Gasteiger partial charge on any atom is 0.417 e. The van der Waals surface area contributed by atoms with Crippen molar-refractivity contribution in [2.75, 3.05) is 44.8 Å². The molecule has 174 valence electrons. The first-order chi connectivity index (χ1) is 15.7. The number of halogens is 3. The van der Waals surface area contributed by atoms with Gasteiger partial charge in [0.25, 0.3) is 5.91 Å². The number of anilines is 1. The fraction of sp³-hybridized carbons (Fsp3) is 0.417. The number of fused-ring (bicyclic) bond motifs is 1. The topological polar surface area (TPSA) is 76.8 Å². The fourth-order valence-electron chi connectivity index (χ4n) is 4.98. The zero-order valence-electron chi connectivity index (χ0n) is 18.1. The summed E-state index contributed by atoms with van der Waals surface area (Å²) >= 11 is 0. The van der Waals surface area contributed by atoms with Crippen LogP contribution in [0.4, 0.5) is 18.9 Å². The molecule has 2 aromatic carbocycles. The molecule has 2 aromatic rings. The van der Waals surface area contributed by atoms with Crippen molar-refractivity contribution in [3.8, 4) is 11.8 Å². The monoisotopic (exact) mass is 459 g/mol. The summed E-state index contributed by atoms with van der Waals surface area (Å²) < 4.78 is 45.5. The summed E-state index contributed by atoms with van der Waals surface area (Å²) in [6.07, 6.45) is -4.00. The molecular weight excluding hydrogens is 435 g/mol. The number of hydrogen-bond acceptors (Lipinski definition) is 5. The van der Waals surface area contributed by atoms with E-state index < -0.39 is 22.7 Å². The van der Waals surface area contributed by atoms with Crippen LogP contribution in [0.15, 0.2) is 42.5 Å². The van der Waals surface area contributed by atoms with Crippen LogP contribution in [0.1, 0.15) is 27.9 Å². The van der Waals surface area contributed by atoms with Crippen LogP contribution >= 0.6 is 0 Å². The van der Waals surface area contributed by atoms with Gasteiger partial charge in [0.05, 0.1) is 30.9 Å². The summed E-state index contributed by atoms with van der Waals surface area (Å²) in [4.78, 5) is 16.6. The van der Waals surface area contributed by atoms with Crippen LogP contribution in [0.3, 0.4) is 0 Å². The Bertz CT molecular complexity index is 1100. The molecule has 0 aromatic heterocycles. The second kappa shape index (κ2) is 8.60. The molecule has 0 radical (unpaired) electrons. The molecule has 4 rings (SSSR count). The zero-order valence-corrected chi connectivity index (χ0v) is 18.1. The molecule has 2 heterocycles. The number of carbonyl (C=O) groups is 1. The molecule has 1 N–H and O–H groups in total. The molecule has 0 bridgehead atoms. The number of hydrogen-bond donors (Lipinski definition) is 1. The number of aliphatic hydroxyl groups is 1. The third-order valence-electron chi connectivity index (χ3n) is 6.78. The molecule has 33 heavy (non-hydrogen) atoms. The SMILES string of the molecule is COc1cccc(C(=O)N2CC[C@H]3CN(c4ccc(C#N)c(C(F)(F)F)c4)C[C@@]3(CO)C2)c1. The maximum absolute atomic E-state index is 13.4. The summed E-state index contributed by atoms with van der Waals surface area (Å²) in [7, 11) is 1.52. The summed E-state index contributed by atoms with van der Waals surface area (Å²) in [6.45, 7) is 1.42. The summed E-state index contributed by atoms with van der Waals surface area (Å²) in [6, 6.07) is 12.2. The Balaban J connectivity index is 1.58. The van der Waals surface area contributed by atoms with Gasteiger partial charge in [-0.15, -0.1) is 0 Å². The minimum Gasteiger partial charge on any atom is -0.497 e. The summed E-state index contributed by atoms with van der Waals surface area (Å²) in [5.74, 6) is 0.430. The van der Waals surface area contributed by atoms with Crippen LogP contribution in [-0.2, 0) is 6.18 Å². The molecule has 2 atom stereocenters. The van der Waals surface area contributed by atoms with Gasteiger partial charge in [-0.05, 0) is 48.7 Å². The largest absolute Gasteiger partial charge is 0.497 e. The van der Waals surface area contributed by atoms with Gasteiger partial charge in [0.2, 0.25) is 0 Å². The van der Waals surface area contributed by atoms with E-state index in [1.165, 1.54) is 19.2 Å². The Morgan fingerprint density at radius 3 is 2.73 bits per heavy atom. The fourth-order valence-corrected chi connectivity index (χ4v) is 4.98. The maximum atomic E-state index is 13.4. The average Bonchev–Trinajstić information content (AvgIpc) is 3.22. The first-order valence-corrected chi connectivity index (χ1v) is 10.6. The lowest BCUT2D eigenvalue weighted by Crippen LogP contribution is -2.52. The second-order valence-corrected chi connectivity index (χ2v) is 8.68. The van der Waals surface area contributed by atoms with Crippen molar-refractivity contribution in [2.24, 2.45) is 11.3 Å². The quantitative estimate of drug-likeness (QED) is 0.757. The molecule has 1 amide bonds. The van der Waals surface area contributed by atoms with Crippen LogP contribution in [0.5, 0.6) is 5.75 Å². The molecule has 9 heteroatoms. The van der Waals surface area contributed by atoms with E-state index in [0.29, 0.717) is 49.6 Å². The number of rotatable bonds is 4. The number of ether oxygens (including phenoxy) is 1. The zero-order chi connectivity index (χ0) is 23.8. The van der Waals surface area contributed by atoms with Crippen LogP contribution in [-0.4, -0.2) is 55.8 Å². The Kier molecular flexibility index (Phi) is 5.97. The van der Waals surface area contributed by atoms with E-state index in [4.69, 9.17) is 10.00 Å². The molecule has 0 spiro atoms. The Hall–Kier alpha value is -3.25. The molecule has 2 fully saturated rings. The number of aliphatic hydroxyl groups excluding tert-OH is 1. The number of methoxy groups -OCH3 is 1. The van der Waals surface area contributed by atoms with Gasteiger partial charge in [-0.3, -0.25) is 4.79 Å². The van der Waals surface area contributed by atoms with Crippen molar-refractivity contribution < 1.29 is 27.8 Å². The third-order valence-corrected chi connectivity index (χ3v) is 6.78. The van der Waals surface area contributed by atoms with E-state index in [1.54, 1.807) is 35.2 Å². The lowest BCUT2D eigenvalue weighted by Gasteiger charge is -2.43. The highest BCUT2D eigenvalue weighted by atomic mass is 19.4. The van der Waals surface area contributed by atoms with E-state index in [2.05, 4.69) is 0 Å². The normalized spacial score (nSPS) is 22.6. The van der Waals surface area contributed by atoms with Gasteiger partial charge in [0.1, 0.15) is 5.75 Å². The molecule has 2 saturated heterocycles. The van der Waals surface area contributed by atoms with Crippen molar-refractivity contribution in [3.63, 3.8) is 0 Å². The first-order valence-electron chi connectivity index (χ1n) is 10.6. The predicted molar refractivity (Wildman–Crippen MR) is 115 cm³/mol. The highest BCUT2D eigenvalue weighted by Gasteiger charge is 2.50. The number of nitrogens with zero attached hydrogens (tertiary/aromatic N) is 3. The molecule has 2 aliphatic heterocycles. The third kappa shape index (κ3) is 4.23. The van der Waals surface area contributed by atoms with Crippen LogP contribution in [0, 0.1) is 22.7 Å². The lowest BCUT2D eigenvalue weighted by molar-refractivity contribution is -0.137. The lowest BCUT2D eigenvalue weighted by atomic mass is 9.74. The Morgan fingerprint density at radius 2 is 2.06 bits per heavy atom. The molecule has 6 nitrogen and oxygen atoms in total. The standard InChI is InChI=1S/C24H24F3N3O3/c1-33-20-4-2-3-16(9-20)22(32)29-8-7-18-12-30(14-23(18,13-29)15-31)19-6-5-17(11-28)21(10-19)24(25,26)27/h2-6,9-10,18,31H,7-8,12-15H2,1H3/t18-,23+/m0/s1. The smallest absolute Gasteiger partial charge is 0.417 e. The molecule has 2 aliphatic rings. The number of nitriles is 1. The van der Waals surface area contributed by atoms with E-state index in [0.717, 1.165) is 6.07 Å². The van der Waals surface area contributed by atoms with Crippen molar-refractivity contribution in [1.82, 2.24) is 4.90 Å². The first kappa shape index (κ1) is 22.9. The number of carbonyl (C=O) groups excluding carboxylic acids is 1. The minimum absolute atomic E-state index is 0.0295. The Morgan fingerprint density at radius 1 is 1.27 bits per heavy atom. The Labute approximate surface area is 189 Å². The highest BCUT2D eigenvalue weighted by Crippen LogP contribution is 2.44. The van der Waals surface area contributed by atoms with Crippen LogP contribution in [0.2, 0.25) is 0 Å². The molecule has 0 saturated carbocycles. The van der Waals surface area contributed by atoms with Crippen molar-refractivity contribution in [3.05, 3.63) is 59.2 Å². The van der Waals surface area contributed by atoms with Gasteiger partial charge in [-0.1, -0.05) is 6.07 Å². The molecule has 0 aliphatic carbocycles. The van der Waals surface area contributed by atoms with Gasteiger partial charge in [0, 0.05) is 42.8 Å².